The van der Waals surface area contributed by atoms with Gasteiger partial charge in [0.2, 0.25) is 0 Å². The highest BCUT2D eigenvalue weighted by Gasteiger charge is 2.34. The number of aliphatic carboxylic acids is 1. The van der Waals surface area contributed by atoms with E-state index in [0.29, 0.717) is 18.0 Å². The molecule has 0 aromatic carbocycles. The fraction of sp³-hybridized carbons (Fsp3) is 0.667. The lowest BCUT2D eigenvalue weighted by Crippen LogP contribution is -2.43. The van der Waals surface area contributed by atoms with Gasteiger partial charge < -0.3 is 5.11 Å². The second-order valence-corrected chi connectivity index (χ2v) is 8.25. The third-order valence-corrected chi connectivity index (χ3v) is 6.73. The second-order valence-electron chi connectivity index (χ2n) is 4.90. The summed E-state index contributed by atoms with van der Waals surface area (Å²) in [6.07, 6.45) is 4.24. The number of piperidine rings is 1. The van der Waals surface area contributed by atoms with Crippen LogP contribution in [0, 0.1) is 6.92 Å². The number of carboxylic acid groups (broad SMARTS) is 1. The number of nitrogens with zero attached hydrogens (tertiary/aromatic N) is 2. The van der Waals surface area contributed by atoms with Gasteiger partial charge in [0.25, 0.3) is 10.0 Å². The maximum atomic E-state index is 12.6. The van der Waals surface area contributed by atoms with E-state index in [1.807, 2.05) is 0 Å². The molecule has 0 amide bonds. The van der Waals surface area contributed by atoms with Gasteiger partial charge in [0.1, 0.15) is 0 Å². The second kappa shape index (κ2) is 6.19. The summed E-state index contributed by atoms with van der Waals surface area (Å²) >= 11 is 1.16. The van der Waals surface area contributed by atoms with E-state index in [4.69, 9.17) is 5.11 Å². The van der Waals surface area contributed by atoms with E-state index in [1.165, 1.54) is 10.5 Å². The number of aromatic nitrogens is 1. The number of aryl methyl sites for hydroxylation is 1. The number of carbonyl (C=O) groups is 1. The van der Waals surface area contributed by atoms with Crippen molar-refractivity contribution in [2.45, 2.75) is 49.3 Å². The Bertz CT molecular complexity index is 582. The zero-order chi connectivity index (χ0) is 14.8. The number of sulfonamides is 1. The van der Waals surface area contributed by atoms with Crippen LogP contribution in [0.3, 0.4) is 0 Å². The minimum absolute atomic E-state index is 0.00158. The normalized spacial score (nSPS) is 20.9. The van der Waals surface area contributed by atoms with Crippen molar-refractivity contribution in [2.24, 2.45) is 0 Å². The van der Waals surface area contributed by atoms with Crippen LogP contribution in [-0.4, -0.2) is 41.4 Å². The van der Waals surface area contributed by atoms with Crippen LogP contribution in [0.25, 0.3) is 0 Å². The fourth-order valence-corrected chi connectivity index (χ4v) is 5.41. The lowest BCUT2D eigenvalue weighted by Gasteiger charge is -2.34. The molecule has 0 spiro atoms. The van der Waals surface area contributed by atoms with Crippen molar-refractivity contribution >= 4 is 27.3 Å². The Labute approximate surface area is 122 Å². The minimum atomic E-state index is -3.54. The first-order chi connectivity index (χ1) is 9.41. The van der Waals surface area contributed by atoms with Crippen molar-refractivity contribution in [1.29, 1.82) is 0 Å². The minimum Gasteiger partial charge on any atom is -0.481 e. The van der Waals surface area contributed by atoms with Gasteiger partial charge in [0.05, 0.1) is 11.2 Å². The third-order valence-electron chi connectivity index (χ3n) is 3.43. The van der Waals surface area contributed by atoms with Gasteiger partial charge in [-0.15, -0.1) is 11.3 Å². The quantitative estimate of drug-likeness (QED) is 0.895. The third kappa shape index (κ3) is 3.36. The van der Waals surface area contributed by atoms with Crippen LogP contribution in [-0.2, 0) is 14.8 Å². The molecule has 20 heavy (non-hydrogen) atoms. The molecule has 1 N–H and O–H groups in total. The molecule has 2 heterocycles. The molecule has 1 aromatic heterocycles. The predicted octanol–water partition coefficient (Wildman–Crippen LogP) is 1.86. The van der Waals surface area contributed by atoms with Crippen molar-refractivity contribution in [1.82, 2.24) is 9.29 Å². The van der Waals surface area contributed by atoms with Crippen LogP contribution < -0.4 is 0 Å². The summed E-state index contributed by atoms with van der Waals surface area (Å²) in [5.41, 5.74) is 0. The van der Waals surface area contributed by atoms with E-state index < -0.39 is 16.0 Å². The molecular formula is C12H18N2O4S2. The summed E-state index contributed by atoms with van der Waals surface area (Å²) in [5, 5.41) is 9.49. The van der Waals surface area contributed by atoms with Crippen LogP contribution >= 0.6 is 11.3 Å². The molecule has 1 aliphatic rings. The van der Waals surface area contributed by atoms with Crippen molar-refractivity contribution < 1.29 is 18.3 Å². The maximum Gasteiger partial charge on any atom is 0.303 e. The first kappa shape index (κ1) is 15.4. The van der Waals surface area contributed by atoms with Gasteiger partial charge in [-0.05, 0) is 26.2 Å². The number of thiazole rings is 1. The van der Waals surface area contributed by atoms with Gasteiger partial charge in [-0.1, -0.05) is 6.42 Å². The van der Waals surface area contributed by atoms with Gasteiger partial charge in [0, 0.05) is 19.0 Å². The van der Waals surface area contributed by atoms with E-state index in [1.54, 1.807) is 6.92 Å². The summed E-state index contributed by atoms with van der Waals surface area (Å²) in [6.45, 7) is 2.23. The van der Waals surface area contributed by atoms with Crippen LogP contribution in [0.1, 0.15) is 37.1 Å². The first-order valence-electron chi connectivity index (χ1n) is 6.57. The van der Waals surface area contributed by atoms with E-state index >= 15 is 0 Å². The summed E-state index contributed by atoms with van der Waals surface area (Å²) in [4.78, 5) is 14.7. The summed E-state index contributed by atoms with van der Waals surface area (Å²) in [6, 6.07) is -0.216. The first-order valence-corrected chi connectivity index (χ1v) is 8.83. The monoisotopic (exact) mass is 318 g/mol. The number of rotatable bonds is 5. The number of hydrogen-bond donors (Lipinski definition) is 1. The Balaban J connectivity index is 2.20. The van der Waals surface area contributed by atoms with E-state index in [2.05, 4.69) is 4.98 Å². The van der Waals surface area contributed by atoms with Gasteiger partial charge in [-0.25, -0.2) is 13.4 Å². The number of hydrogen-bond acceptors (Lipinski definition) is 5. The molecule has 1 fully saturated rings. The molecule has 1 unspecified atom stereocenters. The lowest BCUT2D eigenvalue weighted by atomic mass is 10.0. The molecule has 1 atom stereocenters. The average Bonchev–Trinajstić information content (AvgIpc) is 2.84. The molecule has 0 bridgehead atoms. The molecule has 6 nitrogen and oxygen atoms in total. The fourth-order valence-electron chi connectivity index (χ4n) is 2.45. The van der Waals surface area contributed by atoms with Crippen LogP contribution in [0.4, 0.5) is 0 Å². The Kier molecular flexibility index (Phi) is 4.77. The van der Waals surface area contributed by atoms with Crippen molar-refractivity contribution in [3.63, 3.8) is 0 Å². The SMILES string of the molecule is Cc1ncc(S(=O)(=O)N2CCCCC2CCC(=O)O)s1. The van der Waals surface area contributed by atoms with Crippen molar-refractivity contribution in [3.8, 4) is 0 Å². The standard InChI is InChI=1S/C12H18N2O4S2/c1-9-13-8-12(19-9)20(17,18)14-7-3-2-4-10(14)5-6-11(15)16/h8,10H,2-7H2,1H3,(H,15,16). The van der Waals surface area contributed by atoms with E-state index in [0.717, 1.165) is 30.6 Å². The Morgan fingerprint density at radius 1 is 1.55 bits per heavy atom. The highest BCUT2D eigenvalue weighted by molar-refractivity contribution is 7.91. The largest absolute Gasteiger partial charge is 0.481 e. The zero-order valence-corrected chi connectivity index (χ0v) is 12.9. The molecule has 1 aromatic rings. The van der Waals surface area contributed by atoms with Crippen molar-refractivity contribution in [3.05, 3.63) is 11.2 Å². The van der Waals surface area contributed by atoms with Gasteiger partial charge in [0.15, 0.2) is 4.21 Å². The highest BCUT2D eigenvalue weighted by atomic mass is 32.2. The topological polar surface area (TPSA) is 87.6 Å². The molecular weight excluding hydrogens is 300 g/mol. The molecule has 0 aliphatic carbocycles. The average molecular weight is 318 g/mol. The maximum absolute atomic E-state index is 12.6. The van der Waals surface area contributed by atoms with Crippen LogP contribution in [0.2, 0.25) is 0 Å². The molecule has 1 saturated heterocycles. The Hall–Kier alpha value is -0.990. The molecule has 112 valence electrons. The molecule has 2 rings (SSSR count). The number of carboxylic acids is 1. The molecule has 0 radical (unpaired) electrons. The van der Waals surface area contributed by atoms with Gasteiger partial charge in [-0.3, -0.25) is 4.79 Å². The summed E-state index contributed by atoms with van der Waals surface area (Å²) in [5.74, 6) is -0.887. The Morgan fingerprint density at radius 2 is 2.30 bits per heavy atom. The molecule has 1 aliphatic heterocycles. The Morgan fingerprint density at radius 3 is 2.90 bits per heavy atom. The van der Waals surface area contributed by atoms with E-state index in [-0.39, 0.29) is 16.7 Å². The van der Waals surface area contributed by atoms with Crippen LogP contribution in [0.5, 0.6) is 0 Å². The zero-order valence-electron chi connectivity index (χ0n) is 11.3. The molecule has 8 heteroatoms. The smallest absolute Gasteiger partial charge is 0.303 e. The predicted molar refractivity (Wildman–Crippen MR) is 75.3 cm³/mol. The summed E-state index contributed by atoms with van der Waals surface area (Å²) < 4.78 is 26.9. The molecule has 0 saturated carbocycles. The van der Waals surface area contributed by atoms with Crippen molar-refractivity contribution in [2.75, 3.05) is 6.54 Å². The van der Waals surface area contributed by atoms with E-state index in [9.17, 15) is 13.2 Å². The highest BCUT2D eigenvalue weighted by Crippen LogP contribution is 2.30. The van der Waals surface area contributed by atoms with Crippen LogP contribution in [0.15, 0.2) is 10.4 Å². The van der Waals surface area contributed by atoms with Gasteiger partial charge in [-0.2, -0.15) is 4.31 Å². The van der Waals surface area contributed by atoms with Gasteiger partial charge >= 0.3 is 5.97 Å². The lowest BCUT2D eigenvalue weighted by molar-refractivity contribution is -0.137. The summed E-state index contributed by atoms with van der Waals surface area (Å²) in [7, 11) is -3.54.